The third-order valence-electron chi connectivity index (χ3n) is 5.43. The van der Waals surface area contributed by atoms with Crippen molar-refractivity contribution < 1.29 is 4.79 Å². The first-order chi connectivity index (χ1) is 13.1. The summed E-state index contributed by atoms with van der Waals surface area (Å²) in [4.78, 5) is 15.3. The molecule has 2 aromatic rings. The van der Waals surface area contributed by atoms with Gasteiger partial charge in [0, 0.05) is 18.1 Å². The number of rotatable bonds is 6. The number of likely N-dealkylation sites (tertiary alicyclic amines) is 1. The van der Waals surface area contributed by atoms with Gasteiger partial charge in [-0.1, -0.05) is 66.6 Å². The highest BCUT2D eigenvalue weighted by atomic mass is 35.5. The van der Waals surface area contributed by atoms with Crippen molar-refractivity contribution in [1.82, 2.24) is 10.2 Å². The van der Waals surface area contributed by atoms with E-state index in [4.69, 9.17) is 11.6 Å². The Morgan fingerprint density at radius 3 is 2.67 bits per heavy atom. The zero-order chi connectivity index (χ0) is 19.2. The van der Waals surface area contributed by atoms with E-state index in [0.717, 1.165) is 49.5 Å². The van der Waals surface area contributed by atoms with Gasteiger partial charge in [0.15, 0.2) is 0 Å². The number of halogens is 1. The van der Waals surface area contributed by atoms with Crippen LogP contribution >= 0.6 is 11.6 Å². The van der Waals surface area contributed by atoms with Crippen LogP contribution in [0.3, 0.4) is 0 Å². The minimum atomic E-state index is 0.0423. The number of carbonyl (C=O) groups excluding carboxylic acids is 1. The Hall–Kier alpha value is -1.84. The highest BCUT2D eigenvalue weighted by molar-refractivity contribution is 6.31. The van der Waals surface area contributed by atoms with Crippen molar-refractivity contribution in [3.63, 3.8) is 0 Å². The number of amides is 1. The van der Waals surface area contributed by atoms with Crippen molar-refractivity contribution in [2.75, 3.05) is 13.1 Å². The summed E-state index contributed by atoms with van der Waals surface area (Å²) in [6, 6.07) is 16.5. The Kier molecular flexibility index (Phi) is 6.92. The molecule has 0 bridgehead atoms. The van der Waals surface area contributed by atoms with E-state index in [-0.39, 0.29) is 17.9 Å². The average molecular weight is 385 g/mol. The van der Waals surface area contributed by atoms with E-state index in [2.05, 4.69) is 54.4 Å². The minimum absolute atomic E-state index is 0.0423. The lowest BCUT2D eigenvalue weighted by atomic mass is 9.95. The highest BCUT2D eigenvalue weighted by Crippen LogP contribution is 2.24. The van der Waals surface area contributed by atoms with Crippen LogP contribution in [-0.2, 0) is 11.3 Å². The molecule has 0 aliphatic carbocycles. The summed E-state index contributed by atoms with van der Waals surface area (Å²) in [5.41, 5.74) is 3.55. The lowest BCUT2D eigenvalue weighted by molar-refractivity contribution is -0.127. The first-order valence-corrected chi connectivity index (χ1v) is 10.3. The topological polar surface area (TPSA) is 32.3 Å². The Labute approximate surface area is 167 Å². The van der Waals surface area contributed by atoms with Gasteiger partial charge in [-0.2, -0.15) is 0 Å². The molecule has 1 heterocycles. The second-order valence-corrected chi connectivity index (χ2v) is 7.95. The van der Waals surface area contributed by atoms with Gasteiger partial charge >= 0.3 is 0 Å². The number of hydrogen-bond donors (Lipinski definition) is 1. The van der Waals surface area contributed by atoms with Crippen LogP contribution in [0, 0.1) is 12.8 Å². The van der Waals surface area contributed by atoms with E-state index in [1.54, 1.807) is 0 Å². The molecular formula is C23H29ClN2O. The quantitative estimate of drug-likeness (QED) is 0.748. The van der Waals surface area contributed by atoms with E-state index in [0.29, 0.717) is 0 Å². The number of benzene rings is 2. The number of hydrogen-bond acceptors (Lipinski definition) is 2. The summed E-state index contributed by atoms with van der Waals surface area (Å²) in [5, 5.41) is 4.08. The van der Waals surface area contributed by atoms with Gasteiger partial charge in [-0.05, 0) is 49.9 Å². The zero-order valence-corrected chi connectivity index (χ0v) is 17.0. The molecule has 0 spiro atoms. The summed E-state index contributed by atoms with van der Waals surface area (Å²) < 4.78 is 0. The first kappa shape index (κ1) is 19.9. The van der Waals surface area contributed by atoms with Crippen LogP contribution in [0.5, 0.6) is 0 Å². The van der Waals surface area contributed by atoms with Gasteiger partial charge in [0.05, 0.1) is 12.0 Å². The molecule has 1 aliphatic rings. The molecule has 1 saturated heterocycles. The molecule has 2 unspecified atom stereocenters. The Morgan fingerprint density at radius 2 is 1.96 bits per heavy atom. The second kappa shape index (κ2) is 9.38. The largest absolute Gasteiger partial charge is 0.349 e. The molecule has 4 heteroatoms. The molecule has 0 aromatic heterocycles. The van der Waals surface area contributed by atoms with Crippen LogP contribution in [0.4, 0.5) is 0 Å². The van der Waals surface area contributed by atoms with Crippen molar-refractivity contribution in [3.8, 4) is 0 Å². The van der Waals surface area contributed by atoms with Gasteiger partial charge in [-0.3, -0.25) is 9.69 Å². The molecule has 2 aromatic carbocycles. The van der Waals surface area contributed by atoms with Crippen molar-refractivity contribution in [2.24, 2.45) is 5.92 Å². The number of nitrogens with zero attached hydrogens (tertiary/aromatic N) is 1. The van der Waals surface area contributed by atoms with Crippen LogP contribution in [0.15, 0.2) is 48.5 Å². The van der Waals surface area contributed by atoms with E-state index >= 15 is 0 Å². The standard InChI is InChI=1S/C23H29ClN2O/c1-3-22(18-12-10-17(2)11-13-18)25-23(27)20-8-6-14-26(16-20)15-19-7-4-5-9-21(19)24/h4-5,7,9-13,20,22H,3,6,8,14-16H2,1-2H3,(H,25,27). The van der Waals surface area contributed by atoms with Gasteiger partial charge in [0.1, 0.15) is 0 Å². The molecule has 0 radical (unpaired) electrons. The van der Waals surface area contributed by atoms with Crippen molar-refractivity contribution in [2.45, 2.75) is 45.7 Å². The van der Waals surface area contributed by atoms with Gasteiger partial charge in [-0.15, -0.1) is 0 Å². The molecular weight excluding hydrogens is 356 g/mol. The fourth-order valence-corrected chi connectivity index (χ4v) is 3.99. The summed E-state index contributed by atoms with van der Waals surface area (Å²) in [7, 11) is 0. The maximum atomic E-state index is 12.9. The maximum absolute atomic E-state index is 12.9. The molecule has 3 nitrogen and oxygen atoms in total. The predicted molar refractivity (Wildman–Crippen MR) is 112 cm³/mol. The number of nitrogens with one attached hydrogen (secondary N) is 1. The smallest absolute Gasteiger partial charge is 0.224 e. The highest BCUT2D eigenvalue weighted by Gasteiger charge is 2.27. The van der Waals surface area contributed by atoms with Gasteiger partial charge in [0.2, 0.25) is 5.91 Å². The molecule has 27 heavy (non-hydrogen) atoms. The first-order valence-electron chi connectivity index (χ1n) is 9.89. The SMILES string of the molecule is CCC(NC(=O)C1CCCN(Cc2ccccc2Cl)C1)c1ccc(C)cc1. The molecule has 1 N–H and O–H groups in total. The summed E-state index contributed by atoms with van der Waals surface area (Å²) in [6.07, 6.45) is 2.89. The van der Waals surface area contributed by atoms with Gasteiger partial charge in [-0.25, -0.2) is 0 Å². The van der Waals surface area contributed by atoms with E-state index in [1.807, 2.05) is 18.2 Å². The average Bonchev–Trinajstić information content (AvgIpc) is 2.69. The normalized spacial score (nSPS) is 18.9. The second-order valence-electron chi connectivity index (χ2n) is 7.55. The molecule has 1 aliphatic heterocycles. The Morgan fingerprint density at radius 1 is 1.22 bits per heavy atom. The number of aryl methyl sites for hydroxylation is 1. The molecule has 2 atom stereocenters. The van der Waals surface area contributed by atoms with Gasteiger partial charge in [0.25, 0.3) is 0 Å². The summed E-state index contributed by atoms with van der Waals surface area (Å²) in [6.45, 7) is 6.82. The number of piperidine rings is 1. The minimum Gasteiger partial charge on any atom is -0.349 e. The van der Waals surface area contributed by atoms with Crippen molar-refractivity contribution >= 4 is 17.5 Å². The van der Waals surface area contributed by atoms with Crippen LogP contribution in [0.2, 0.25) is 5.02 Å². The maximum Gasteiger partial charge on any atom is 0.224 e. The summed E-state index contributed by atoms with van der Waals surface area (Å²) in [5.74, 6) is 0.215. The Balaban J connectivity index is 1.60. The third-order valence-corrected chi connectivity index (χ3v) is 5.80. The van der Waals surface area contributed by atoms with Crippen molar-refractivity contribution in [1.29, 1.82) is 0 Å². The number of carbonyl (C=O) groups is 1. The molecule has 144 valence electrons. The lowest BCUT2D eigenvalue weighted by Crippen LogP contribution is -2.43. The van der Waals surface area contributed by atoms with Crippen LogP contribution in [0.25, 0.3) is 0 Å². The van der Waals surface area contributed by atoms with Crippen LogP contribution in [-0.4, -0.2) is 23.9 Å². The molecule has 3 rings (SSSR count). The third kappa shape index (κ3) is 5.33. The van der Waals surface area contributed by atoms with Gasteiger partial charge < -0.3 is 5.32 Å². The van der Waals surface area contributed by atoms with Crippen LogP contribution < -0.4 is 5.32 Å². The fraction of sp³-hybridized carbons (Fsp3) is 0.435. The zero-order valence-electron chi connectivity index (χ0n) is 16.2. The lowest BCUT2D eigenvalue weighted by Gasteiger charge is -2.33. The molecule has 1 amide bonds. The Bertz CT molecular complexity index is 759. The fourth-order valence-electron chi connectivity index (χ4n) is 3.79. The van der Waals surface area contributed by atoms with E-state index in [1.165, 1.54) is 11.1 Å². The molecule has 0 saturated carbocycles. The summed E-state index contributed by atoms with van der Waals surface area (Å²) >= 11 is 6.30. The van der Waals surface area contributed by atoms with E-state index in [9.17, 15) is 4.79 Å². The predicted octanol–water partition coefficient (Wildman–Crippen LogP) is 5.13. The van der Waals surface area contributed by atoms with Crippen LogP contribution in [0.1, 0.15) is 48.9 Å². The van der Waals surface area contributed by atoms with Crippen molar-refractivity contribution in [3.05, 3.63) is 70.2 Å². The monoisotopic (exact) mass is 384 g/mol. The van der Waals surface area contributed by atoms with E-state index < -0.39 is 0 Å². The molecule has 1 fully saturated rings.